The minimum atomic E-state index is -0.601. The number of alkyl halides is 2. The first-order chi connectivity index (χ1) is 11.3. The molecule has 1 heterocycles. The Morgan fingerprint density at radius 1 is 1.29 bits per heavy atom. The molecular weight excluding hydrogens is 353 g/mol. The molecule has 5 atom stereocenters. The van der Waals surface area contributed by atoms with Crippen molar-refractivity contribution in [2.24, 2.45) is 0 Å². The summed E-state index contributed by atoms with van der Waals surface area (Å²) in [5.74, 6) is -0.152. The van der Waals surface area contributed by atoms with Gasteiger partial charge in [-0.3, -0.25) is 9.59 Å². The highest BCUT2D eigenvalue weighted by atomic mass is 35.5. The molecule has 2 rings (SSSR count). The zero-order valence-electron chi connectivity index (χ0n) is 13.8. The van der Waals surface area contributed by atoms with E-state index in [-0.39, 0.29) is 41.2 Å². The Kier molecular flexibility index (Phi) is 6.92. The van der Waals surface area contributed by atoms with E-state index in [0.717, 1.165) is 0 Å². The van der Waals surface area contributed by atoms with Crippen LogP contribution in [-0.2, 0) is 9.59 Å². The molecule has 0 bridgehead atoms. The SMILES string of the molecule is C=CC(=O)N1CCN(C(=O)CNC2CC(Cl)C(Cl)CC2O)C[C@@H]1C. The van der Waals surface area contributed by atoms with Crippen LogP contribution >= 0.6 is 23.2 Å². The summed E-state index contributed by atoms with van der Waals surface area (Å²) in [5, 5.41) is 12.7. The molecule has 6 nitrogen and oxygen atoms in total. The fourth-order valence-corrected chi connectivity index (χ4v) is 3.85. The van der Waals surface area contributed by atoms with Crippen LogP contribution in [0.1, 0.15) is 19.8 Å². The van der Waals surface area contributed by atoms with Crippen molar-refractivity contribution in [2.45, 2.75) is 48.7 Å². The monoisotopic (exact) mass is 377 g/mol. The number of aliphatic hydroxyl groups excluding tert-OH is 1. The molecule has 136 valence electrons. The van der Waals surface area contributed by atoms with E-state index in [1.54, 1.807) is 9.80 Å². The molecule has 2 amide bonds. The summed E-state index contributed by atoms with van der Waals surface area (Å²) >= 11 is 12.2. The third-order valence-corrected chi connectivity index (χ3v) is 5.85. The first-order valence-corrected chi connectivity index (χ1v) is 9.11. The quantitative estimate of drug-likeness (QED) is 0.554. The van der Waals surface area contributed by atoms with Gasteiger partial charge in [0.05, 0.1) is 23.4 Å². The number of nitrogens with zero attached hydrogens (tertiary/aromatic N) is 2. The fourth-order valence-electron chi connectivity index (χ4n) is 3.27. The van der Waals surface area contributed by atoms with E-state index >= 15 is 0 Å². The second-order valence-electron chi connectivity index (χ2n) is 6.48. The number of rotatable bonds is 4. The summed E-state index contributed by atoms with van der Waals surface area (Å²) in [5.41, 5.74) is 0. The van der Waals surface area contributed by atoms with Crippen LogP contribution in [0.25, 0.3) is 0 Å². The number of hydrogen-bond donors (Lipinski definition) is 2. The molecule has 1 aliphatic carbocycles. The highest BCUT2D eigenvalue weighted by molar-refractivity contribution is 6.30. The lowest BCUT2D eigenvalue weighted by atomic mass is 9.91. The minimum absolute atomic E-state index is 0.0427. The van der Waals surface area contributed by atoms with Crippen molar-refractivity contribution in [2.75, 3.05) is 26.2 Å². The Hall–Kier alpha value is -0.820. The number of nitrogens with one attached hydrogen (secondary N) is 1. The number of halogens is 2. The lowest BCUT2D eigenvalue weighted by molar-refractivity contribution is -0.139. The summed E-state index contributed by atoms with van der Waals surface area (Å²) in [6, 6.07) is -0.273. The summed E-state index contributed by atoms with van der Waals surface area (Å²) in [6.45, 7) is 7.05. The average Bonchev–Trinajstić information content (AvgIpc) is 2.55. The first-order valence-electron chi connectivity index (χ1n) is 8.23. The zero-order chi connectivity index (χ0) is 17.9. The number of carbonyl (C=O) groups excluding carboxylic acids is 2. The fraction of sp³-hybridized carbons (Fsp3) is 0.750. The Bertz CT molecular complexity index is 491. The first kappa shape index (κ1) is 19.5. The maximum absolute atomic E-state index is 12.4. The van der Waals surface area contributed by atoms with E-state index < -0.39 is 6.10 Å². The van der Waals surface area contributed by atoms with Gasteiger partial charge >= 0.3 is 0 Å². The summed E-state index contributed by atoms with van der Waals surface area (Å²) in [4.78, 5) is 27.6. The van der Waals surface area contributed by atoms with Gasteiger partial charge in [0.1, 0.15) is 0 Å². The molecule has 2 N–H and O–H groups in total. The topological polar surface area (TPSA) is 72.9 Å². The molecule has 4 unspecified atom stereocenters. The van der Waals surface area contributed by atoms with Crippen molar-refractivity contribution in [1.29, 1.82) is 0 Å². The zero-order valence-corrected chi connectivity index (χ0v) is 15.3. The number of piperazine rings is 1. The van der Waals surface area contributed by atoms with E-state index in [0.29, 0.717) is 32.5 Å². The Labute approximate surface area is 152 Å². The molecule has 2 fully saturated rings. The smallest absolute Gasteiger partial charge is 0.246 e. The summed E-state index contributed by atoms with van der Waals surface area (Å²) in [7, 11) is 0. The molecular formula is C16H25Cl2N3O3. The second kappa shape index (κ2) is 8.52. The molecule has 1 saturated carbocycles. The molecule has 0 aromatic heterocycles. The molecule has 0 aromatic carbocycles. The van der Waals surface area contributed by atoms with Gasteiger partial charge in [0.25, 0.3) is 0 Å². The van der Waals surface area contributed by atoms with Gasteiger partial charge < -0.3 is 20.2 Å². The molecule has 0 spiro atoms. The molecule has 1 saturated heterocycles. The van der Waals surface area contributed by atoms with Crippen LogP contribution in [0, 0.1) is 0 Å². The van der Waals surface area contributed by atoms with Gasteiger partial charge in [0.15, 0.2) is 0 Å². The van der Waals surface area contributed by atoms with Crippen molar-refractivity contribution < 1.29 is 14.7 Å². The number of carbonyl (C=O) groups is 2. The van der Waals surface area contributed by atoms with Crippen molar-refractivity contribution in [3.8, 4) is 0 Å². The van der Waals surface area contributed by atoms with E-state index in [4.69, 9.17) is 23.2 Å². The number of amides is 2. The normalized spacial score (nSPS) is 34.1. The van der Waals surface area contributed by atoms with Crippen molar-refractivity contribution in [3.63, 3.8) is 0 Å². The van der Waals surface area contributed by atoms with Crippen LogP contribution in [0.5, 0.6) is 0 Å². The van der Waals surface area contributed by atoms with Gasteiger partial charge in [-0.2, -0.15) is 0 Å². The molecule has 2 aliphatic rings. The van der Waals surface area contributed by atoms with E-state index in [1.165, 1.54) is 6.08 Å². The average molecular weight is 378 g/mol. The maximum Gasteiger partial charge on any atom is 0.246 e. The summed E-state index contributed by atoms with van der Waals surface area (Å²) < 4.78 is 0. The van der Waals surface area contributed by atoms with Gasteiger partial charge in [0.2, 0.25) is 11.8 Å². The van der Waals surface area contributed by atoms with Crippen LogP contribution in [0.4, 0.5) is 0 Å². The van der Waals surface area contributed by atoms with Gasteiger partial charge in [-0.25, -0.2) is 0 Å². The maximum atomic E-state index is 12.4. The minimum Gasteiger partial charge on any atom is -0.391 e. The van der Waals surface area contributed by atoms with Crippen LogP contribution in [0.2, 0.25) is 0 Å². The van der Waals surface area contributed by atoms with E-state index in [9.17, 15) is 14.7 Å². The van der Waals surface area contributed by atoms with E-state index in [1.807, 2.05) is 6.92 Å². The second-order valence-corrected chi connectivity index (χ2v) is 7.60. The lowest BCUT2D eigenvalue weighted by Crippen LogP contribution is -2.57. The van der Waals surface area contributed by atoms with Crippen LogP contribution < -0.4 is 5.32 Å². The van der Waals surface area contributed by atoms with E-state index in [2.05, 4.69) is 11.9 Å². The largest absolute Gasteiger partial charge is 0.391 e. The van der Waals surface area contributed by atoms with Gasteiger partial charge in [-0.05, 0) is 25.8 Å². The molecule has 8 heteroatoms. The standard InChI is InChI=1S/C16H25Cl2N3O3/c1-3-15(23)21-5-4-20(9-10(21)2)16(24)8-19-13-6-11(17)12(18)7-14(13)22/h3,10-14,19,22H,1,4-9H2,2H3/t10-,11?,12?,13?,14?/m0/s1. The summed E-state index contributed by atoms with van der Waals surface area (Å²) in [6.07, 6.45) is 1.65. The van der Waals surface area contributed by atoms with Gasteiger partial charge in [0, 0.05) is 31.7 Å². The Morgan fingerprint density at radius 3 is 2.58 bits per heavy atom. The number of aliphatic hydroxyl groups is 1. The molecule has 0 aromatic rings. The van der Waals surface area contributed by atoms with Crippen LogP contribution in [-0.4, -0.2) is 81.8 Å². The lowest BCUT2D eigenvalue weighted by Gasteiger charge is -2.40. The third-order valence-electron chi connectivity index (χ3n) is 4.76. The highest BCUT2D eigenvalue weighted by Crippen LogP contribution is 2.28. The predicted octanol–water partition coefficient (Wildman–Crippen LogP) is 0.559. The van der Waals surface area contributed by atoms with Gasteiger partial charge in [-0.1, -0.05) is 6.58 Å². The Morgan fingerprint density at radius 2 is 1.96 bits per heavy atom. The van der Waals surface area contributed by atoms with Gasteiger partial charge in [-0.15, -0.1) is 23.2 Å². The van der Waals surface area contributed by atoms with Crippen LogP contribution in [0.3, 0.4) is 0 Å². The molecule has 24 heavy (non-hydrogen) atoms. The predicted molar refractivity (Wildman–Crippen MR) is 94.3 cm³/mol. The van der Waals surface area contributed by atoms with Crippen molar-refractivity contribution in [1.82, 2.24) is 15.1 Å². The highest BCUT2D eigenvalue weighted by Gasteiger charge is 2.35. The van der Waals surface area contributed by atoms with Crippen LogP contribution in [0.15, 0.2) is 12.7 Å². The molecule has 0 radical (unpaired) electrons. The third kappa shape index (κ3) is 4.63. The Balaban J connectivity index is 1.81. The number of hydrogen-bond acceptors (Lipinski definition) is 4. The van der Waals surface area contributed by atoms with Crippen molar-refractivity contribution >= 4 is 35.0 Å². The molecule has 1 aliphatic heterocycles. The van der Waals surface area contributed by atoms with Crippen molar-refractivity contribution in [3.05, 3.63) is 12.7 Å².